The molecule has 0 aromatic rings. The summed E-state index contributed by atoms with van der Waals surface area (Å²) in [7, 11) is 0. The van der Waals surface area contributed by atoms with Gasteiger partial charge in [0.2, 0.25) is 0 Å². The Bertz CT molecular complexity index is 440. The molecule has 0 amide bonds. The van der Waals surface area contributed by atoms with E-state index in [1.807, 2.05) is 6.92 Å². The van der Waals surface area contributed by atoms with Gasteiger partial charge in [-0.1, -0.05) is 20.8 Å². The minimum absolute atomic E-state index is 0.00531. The molecule has 1 saturated heterocycles. The van der Waals surface area contributed by atoms with Crippen molar-refractivity contribution in [2.24, 2.45) is 17.3 Å². The predicted octanol–water partition coefficient (Wildman–Crippen LogP) is 0.405. The highest BCUT2D eigenvalue weighted by Crippen LogP contribution is 2.47. The van der Waals surface area contributed by atoms with Gasteiger partial charge in [0.05, 0.1) is 18.8 Å². The average molecular weight is 376 g/mol. The van der Waals surface area contributed by atoms with Crippen LogP contribution in [-0.4, -0.2) is 75.1 Å². The molecule has 7 nitrogen and oxygen atoms in total. The molecule has 26 heavy (non-hydrogen) atoms. The monoisotopic (exact) mass is 376 g/mol. The van der Waals surface area contributed by atoms with E-state index in [0.717, 1.165) is 25.7 Å². The normalized spacial score (nSPS) is 44.7. The molecular weight excluding hydrogens is 340 g/mol. The maximum absolute atomic E-state index is 10.2. The van der Waals surface area contributed by atoms with Crippen LogP contribution in [0, 0.1) is 17.3 Å². The molecule has 0 aromatic heterocycles. The van der Waals surface area contributed by atoms with Crippen LogP contribution in [0.1, 0.15) is 53.4 Å². The molecule has 2 fully saturated rings. The zero-order valence-corrected chi connectivity index (χ0v) is 16.3. The van der Waals surface area contributed by atoms with E-state index in [1.165, 1.54) is 0 Å². The number of ether oxygens (including phenoxy) is 2. The third-order valence-electron chi connectivity index (χ3n) is 6.15. The number of rotatable bonds is 6. The fourth-order valence-corrected chi connectivity index (χ4v) is 4.74. The summed E-state index contributed by atoms with van der Waals surface area (Å²) in [6, 6.07) is 0. The molecule has 0 aromatic carbocycles. The molecule has 4 unspecified atom stereocenters. The van der Waals surface area contributed by atoms with Crippen molar-refractivity contribution in [3.8, 4) is 0 Å². The van der Waals surface area contributed by atoms with Crippen LogP contribution in [0.3, 0.4) is 0 Å². The molecular formula is C19H36O7. The van der Waals surface area contributed by atoms with Crippen molar-refractivity contribution >= 4 is 0 Å². The van der Waals surface area contributed by atoms with Gasteiger partial charge >= 0.3 is 0 Å². The average Bonchev–Trinajstić information content (AvgIpc) is 2.53. The predicted molar refractivity (Wildman–Crippen MR) is 95.2 cm³/mol. The molecule has 1 aliphatic heterocycles. The topological polar surface area (TPSA) is 120 Å². The Morgan fingerprint density at radius 2 is 1.81 bits per heavy atom. The van der Waals surface area contributed by atoms with Gasteiger partial charge in [-0.25, -0.2) is 0 Å². The molecule has 5 N–H and O–H groups in total. The zero-order chi connectivity index (χ0) is 19.6. The van der Waals surface area contributed by atoms with Crippen LogP contribution in [0.4, 0.5) is 0 Å². The Labute approximate surface area is 155 Å². The highest BCUT2D eigenvalue weighted by molar-refractivity contribution is 4.93. The second-order valence-corrected chi connectivity index (χ2v) is 8.89. The molecule has 0 radical (unpaired) electrons. The Hall–Kier alpha value is -0.280. The van der Waals surface area contributed by atoms with E-state index in [1.54, 1.807) is 0 Å². The summed E-state index contributed by atoms with van der Waals surface area (Å²) in [5.74, 6) is 0.846. The van der Waals surface area contributed by atoms with Crippen LogP contribution in [0.25, 0.3) is 0 Å². The van der Waals surface area contributed by atoms with Crippen LogP contribution in [0.5, 0.6) is 0 Å². The molecule has 7 heteroatoms. The van der Waals surface area contributed by atoms with Gasteiger partial charge in [0.15, 0.2) is 6.29 Å². The van der Waals surface area contributed by atoms with Crippen molar-refractivity contribution in [2.75, 3.05) is 6.61 Å². The first kappa shape index (κ1) is 22.0. The Balaban J connectivity index is 2.00. The fourth-order valence-electron chi connectivity index (χ4n) is 4.74. The van der Waals surface area contributed by atoms with Gasteiger partial charge in [-0.3, -0.25) is 0 Å². The van der Waals surface area contributed by atoms with Gasteiger partial charge in [-0.15, -0.1) is 0 Å². The van der Waals surface area contributed by atoms with Crippen molar-refractivity contribution in [2.45, 2.75) is 96.3 Å². The van der Waals surface area contributed by atoms with Crippen LogP contribution in [0.15, 0.2) is 0 Å². The van der Waals surface area contributed by atoms with Gasteiger partial charge in [0.1, 0.15) is 24.4 Å². The molecule has 9 atom stereocenters. The molecule has 1 aliphatic carbocycles. The molecule has 0 spiro atoms. The quantitative estimate of drug-likeness (QED) is 0.455. The lowest BCUT2D eigenvalue weighted by Crippen LogP contribution is -2.60. The summed E-state index contributed by atoms with van der Waals surface area (Å²) in [6.07, 6.45) is -3.34. The molecule has 2 aliphatic rings. The SMILES string of the molecule is CC(O)CCC1C(C)CC(O[C@@H]2O[C@H](CO)[C@@H](O)[C@H](O)[C@H]2O)CC1(C)C. The first-order chi connectivity index (χ1) is 12.1. The van der Waals surface area contributed by atoms with E-state index < -0.39 is 37.3 Å². The molecule has 1 saturated carbocycles. The number of aliphatic hydroxyl groups is 5. The lowest BCUT2D eigenvalue weighted by atomic mass is 9.61. The molecule has 2 rings (SSSR count). The minimum atomic E-state index is -1.42. The van der Waals surface area contributed by atoms with Crippen LogP contribution >= 0.6 is 0 Å². The van der Waals surface area contributed by atoms with E-state index >= 15 is 0 Å². The van der Waals surface area contributed by atoms with E-state index in [9.17, 15) is 25.5 Å². The summed E-state index contributed by atoms with van der Waals surface area (Å²) in [5.41, 5.74) is 0.00531. The third kappa shape index (κ3) is 4.95. The highest BCUT2D eigenvalue weighted by atomic mass is 16.7. The maximum atomic E-state index is 10.2. The van der Waals surface area contributed by atoms with Gasteiger partial charge in [0.25, 0.3) is 0 Å². The van der Waals surface area contributed by atoms with Gasteiger partial charge in [0, 0.05) is 0 Å². The third-order valence-corrected chi connectivity index (χ3v) is 6.15. The summed E-state index contributed by atoms with van der Waals surface area (Å²) in [4.78, 5) is 0. The Morgan fingerprint density at radius 1 is 1.15 bits per heavy atom. The van der Waals surface area contributed by atoms with E-state index in [-0.39, 0.29) is 17.6 Å². The summed E-state index contributed by atoms with van der Waals surface area (Å²) >= 11 is 0. The molecule has 1 heterocycles. The van der Waals surface area contributed by atoms with Gasteiger partial charge < -0.3 is 35.0 Å². The first-order valence-corrected chi connectivity index (χ1v) is 9.70. The number of hydrogen-bond acceptors (Lipinski definition) is 7. The Kier molecular flexibility index (Phi) is 7.46. The van der Waals surface area contributed by atoms with Crippen molar-refractivity contribution in [1.82, 2.24) is 0 Å². The van der Waals surface area contributed by atoms with Gasteiger partial charge in [-0.05, 0) is 49.9 Å². The standard InChI is InChI=1S/C19H36O7/c1-10-7-12(8-19(3,4)13(10)6-5-11(2)21)25-18-17(24)16(23)15(22)14(9-20)26-18/h10-18,20-24H,5-9H2,1-4H3/t10?,11?,12?,13?,14-,15-,16+,17-,18-/m1/s1. The maximum Gasteiger partial charge on any atom is 0.186 e. The van der Waals surface area contributed by atoms with Crippen LogP contribution in [0.2, 0.25) is 0 Å². The van der Waals surface area contributed by atoms with E-state index in [0.29, 0.717) is 11.8 Å². The second-order valence-electron chi connectivity index (χ2n) is 8.89. The van der Waals surface area contributed by atoms with Crippen LogP contribution < -0.4 is 0 Å². The highest BCUT2D eigenvalue weighted by Gasteiger charge is 2.47. The van der Waals surface area contributed by atoms with Crippen LogP contribution in [-0.2, 0) is 9.47 Å². The summed E-state index contributed by atoms with van der Waals surface area (Å²) in [5, 5.41) is 48.9. The lowest BCUT2D eigenvalue weighted by Gasteiger charge is -2.48. The van der Waals surface area contributed by atoms with E-state index in [2.05, 4.69) is 20.8 Å². The smallest absolute Gasteiger partial charge is 0.186 e. The Morgan fingerprint density at radius 3 is 2.35 bits per heavy atom. The van der Waals surface area contributed by atoms with Crippen molar-refractivity contribution in [3.05, 3.63) is 0 Å². The lowest BCUT2D eigenvalue weighted by molar-refractivity contribution is -0.316. The fraction of sp³-hybridized carbons (Fsp3) is 1.00. The van der Waals surface area contributed by atoms with Crippen molar-refractivity contribution < 1.29 is 35.0 Å². The summed E-state index contributed by atoms with van der Waals surface area (Å²) in [6.45, 7) is 7.92. The van der Waals surface area contributed by atoms with Crippen molar-refractivity contribution in [3.63, 3.8) is 0 Å². The van der Waals surface area contributed by atoms with Crippen molar-refractivity contribution in [1.29, 1.82) is 0 Å². The molecule has 0 bridgehead atoms. The van der Waals surface area contributed by atoms with Gasteiger partial charge in [-0.2, -0.15) is 0 Å². The molecule has 154 valence electrons. The largest absolute Gasteiger partial charge is 0.394 e. The van der Waals surface area contributed by atoms with E-state index in [4.69, 9.17) is 9.47 Å². The number of hydrogen-bond donors (Lipinski definition) is 5. The number of aliphatic hydroxyl groups excluding tert-OH is 5. The zero-order valence-electron chi connectivity index (χ0n) is 16.3. The minimum Gasteiger partial charge on any atom is -0.394 e. The second kappa shape index (κ2) is 8.82. The first-order valence-electron chi connectivity index (χ1n) is 9.70. The summed E-state index contributed by atoms with van der Waals surface area (Å²) < 4.78 is 11.4.